The van der Waals surface area contributed by atoms with E-state index in [1.54, 1.807) is 18.3 Å². The molecular formula is C22H20ClN3O3S. The molecule has 5 rings (SSSR count). The number of amidine groups is 1. The zero-order valence-electron chi connectivity index (χ0n) is 16.2. The van der Waals surface area contributed by atoms with Gasteiger partial charge in [0.15, 0.2) is 5.17 Å². The number of piperidine rings is 1. The van der Waals surface area contributed by atoms with Gasteiger partial charge in [-0.3, -0.25) is 4.79 Å². The number of fused-ring (bicyclic) bond motifs is 2. The number of aliphatic hydroxyl groups is 1. The smallest absolute Gasteiger partial charge is 0.286 e. The van der Waals surface area contributed by atoms with E-state index in [2.05, 4.69) is 39.1 Å². The van der Waals surface area contributed by atoms with Crippen molar-refractivity contribution < 1.29 is 14.6 Å². The van der Waals surface area contributed by atoms with Gasteiger partial charge >= 0.3 is 0 Å². The van der Waals surface area contributed by atoms with Gasteiger partial charge in [-0.15, -0.1) is 0 Å². The Hall–Kier alpha value is -2.19. The van der Waals surface area contributed by atoms with E-state index < -0.39 is 0 Å². The van der Waals surface area contributed by atoms with E-state index in [9.17, 15) is 9.90 Å². The molecule has 4 heterocycles. The fraction of sp³-hybridized carbons (Fsp3) is 0.318. The van der Waals surface area contributed by atoms with Gasteiger partial charge in [-0.2, -0.15) is 4.99 Å². The number of nitrogens with zero attached hydrogens (tertiary/aromatic N) is 3. The van der Waals surface area contributed by atoms with E-state index in [1.807, 2.05) is 0 Å². The minimum absolute atomic E-state index is 0.231. The molecule has 0 saturated carbocycles. The van der Waals surface area contributed by atoms with Gasteiger partial charge in [0.2, 0.25) is 0 Å². The second-order valence-electron chi connectivity index (χ2n) is 7.56. The third-order valence-electron chi connectivity index (χ3n) is 5.95. The Kier molecular flexibility index (Phi) is 5.14. The van der Waals surface area contributed by atoms with Crippen LogP contribution < -0.4 is 0 Å². The maximum Gasteiger partial charge on any atom is 0.286 e. The Morgan fingerprint density at radius 1 is 1.23 bits per heavy atom. The number of aliphatic hydroxyl groups excluding tert-OH is 1. The van der Waals surface area contributed by atoms with Gasteiger partial charge in [0.1, 0.15) is 5.15 Å². The molecule has 0 atom stereocenters. The first kappa shape index (κ1) is 19.8. The van der Waals surface area contributed by atoms with Crippen molar-refractivity contribution in [3.8, 4) is 0 Å². The summed E-state index contributed by atoms with van der Waals surface area (Å²) in [6.45, 7) is 1.91. The molecular weight excluding hydrogens is 422 g/mol. The van der Waals surface area contributed by atoms with Crippen molar-refractivity contribution in [2.24, 2.45) is 4.99 Å². The van der Waals surface area contributed by atoms with Crippen molar-refractivity contribution in [1.29, 1.82) is 0 Å². The molecule has 8 heteroatoms. The van der Waals surface area contributed by atoms with Crippen LogP contribution in [0.25, 0.3) is 5.57 Å². The number of halogens is 1. The molecule has 0 radical (unpaired) electrons. The first-order chi connectivity index (χ1) is 14.6. The quantitative estimate of drug-likeness (QED) is 0.567. The maximum atomic E-state index is 12.6. The van der Waals surface area contributed by atoms with Gasteiger partial charge in [-0.25, -0.2) is 4.98 Å². The number of likely N-dealkylation sites (tertiary alicyclic amines) is 1. The van der Waals surface area contributed by atoms with Crippen molar-refractivity contribution in [3.63, 3.8) is 0 Å². The summed E-state index contributed by atoms with van der Waals surface area (Å²) >= 11 is 7.17. The van der Waals surface area contributed by atoms with Crippen LogP contribution in [0.4, 0.5) is 0 Å². The molecule has 1 aromatic heterocycles. The minimum Gasteiger partial charge on any atom is -0.392 e. The summed E-state index contributed by atoms with van der Waals surface area (Å²) in [5.41, 5.74) is 3.52. The maximum absolute atomic E-state index is 12.6. The molecule has 6 nitrogen and oxygen atoms in total. The summed E-state index contributed by atoms with van der Waals surface area (Å²) in [5.74, 6) is -0.322. The second-order valence-corrected chi connectivity index (χ2v) is 8.93. The highest BCUT2D eigenvalue weighted by Crippen LogP contribution is 2.45. The highest BCUT2D eigenvalue weighted by atomic mass is 35.5. The van der Waals surface area contributed by atoms with Gasteiger partial charge in [0, 0.05) is 24.9 Å². The Morgan fingerprint density at radius 2 is 2.03 bits per heavy atom. The van der Waals surface area contributed by atoms with Gasteiger partial charge in [0.05, 0.1) is 23.7 Å². The molecule has 154 valence electrons. The topological polar surface area (TPSA) is 75.0 Å². The normalized spacial score (nSPS) is 21.7. The third kappa shape index (κ3) is 3.36. The average Bonchev–Trinajstić information content (AvgIpc) is 3.32. The molecule has 1 spiro atoms. The number of carbonyl (C=O) groups is 1. The van der Waals surface area contributed by atoms with Crippen LogP contribution in [0.5, 0.6) is 0 Å². The van der Waals surface area contributed by atoms with Crippen LogP contribution in [0.1, 0.15) is 29.5 Å². The number of aromatic nitrogens is 1. The van der Waals surface area contributed by atoms with E-state index in [1.165, 1.54) is 22.9 Å². The summed E-state index contributed by atoms with van der Waals surface area (Å²) in [4.78, 5) is 23.5. The van der Waals surface area contributed by atoms with E-state index in [0.29, 0.717) is 33.0 Å². The second kappa shape index (κ2) is 7.81. The number of carbonyl (C=O) groups excluding carboxylic acids is 1. The zero-order valence-corrected chi connectivity index (χ0v) is 17.7. The molecule has 3 aliphatic rings. The molecule has 0 unspecified atom stereocenters. The number of ether oxygens (including phenoxy) is 1. The van der Waals surface area contributed by atoms with Gasteiger partial charge in [-0.1, -0.05) is 35.9 Å². The summed E-state index contributed by atoms with van der Waals surface area (Å²) in [6, 6.07) is 11.8. The monoisotopic (exact) mass is 441 g/mol. The summed E-state index contributed by atoms with van der Waals surface area (Å²) in [6.07, 6.45) is 3.27. The predicted octanol–water partition coefficient (Wildman–Crippen LogP) is 3.59. The summed E-state index contributed by atoms with van der Waals surface area (Å²) in [5, 5.41) is 10.9. The van der Waals surface area contributed by atoms with Crippen LogP contribution in [0.15, 0.2) is 52.5 Å². The van der Waals surface area contributed by atoms with E-state index in [4.69, 9.17) is 16.3 Å². The number of aliphatic imine (C=N–C) groups is 1. The van der Waals surface area contributed by atoms with E-state index in [-0.39, 0.29) is 18.1 Å². The van der Waals surface area contributed by atoms with Crippen LogP contribution in [0.2, 0.25) is 5.15 Å². The van der Waals surface area contributed by atoms with Gasteiger partial charge < -0.3 is 14.7 Å². The Bertz CT molecular complexity index is 1060. The third-order valence-corrected chi connectivity index (χ3v) is 7.33. The molecule has 1 saturated heterocycles. The zero-order chi connectivity index (χ0) is 20.7. The molecule has 3 aliphatic heterocycles. The Morgan fingerprint density at radius 3 is 2.77 bits per heavy atom. The number of hydrogen-bond acceptors (Lipinski definition) is 6. The lowest BCUT2D eigenvalue weighted by Crippen LogP contribution is -2.44. The number of rotatable bonds is 2. The van der Waals surface area contributed by atoms with Crippen molar-refractivity contribution in [1.82, 2.24) is 9.88 Å². The molecule has 1 amide bonds. The molecule has 0 bridgehead atoms. The van der Waals surface area contributed by atoms with Crippen molar-refractivity contribution >= 4 is 40.0 Å². The molecule has 1 aromatic carbocycles. The fourth-order valence-electron chi connectivity index (χ4n) is 4.33. The first-order valence-corrected chi connectivity index (χ1v) is 11.0. The number of hydrogen-bond donors (Lipinski definition) is 1. The molecule has 2 aromatic rings. The highest BCUT2D eigenvalue weighted by molar-refractivity contribution is 8.18. The van der Waals surface area contributed by atoms with Gasteiger partial charge in [-0.05, 0) is 53.4 Å². The van der Waals surface area contributed by atoms with Gasteiger partial charge in [0.25, 0.3) is 5.91 Å². The molecule has 1 N–H and O–H groups in total. The summed E-state index contributed by atoms with van der Waals surface area (Å²) < 4.78 is 6.23. The lowest BCUT2D eigenvalue weighted by atomic mass is 9.84. The van der Waals surface area contributed by atoms with Crippen molar-refractivity contribution in [2.75, 3.05) is 19.7 Å². The Labute approximate surface area is 183 Å². The number of amides is 1. The molecule has 1 fully saturated rings. The standard InChI is InChI=1S/C22H20ClN3O3S/c23-18-6-5-14(11-24-18)16(12-27)19-20(28)25-21(30-19)26-9-7-22(8-10-26)17-4-2-1-3-15(17)13-29-22/h1-6,11,27H,7-10,12-13H2/b19-16-. The van der Waals surface area contributed by atoms with E-state index in [0.717, 1.165) is 25.9 Å². The fourth-order valence-corrected chi connectivity index (χ4v) is 5.50. The van der Waals surface area contributed by atoms with Crippen LogP contribution in [0, 0.1) is 0 Å². The van der Waals surface area contributed by atoms with Crippen molar-refractivity contribution in [2.45, 2.75) is 25.0 Å². The molecule has 30 heavy (non-hydrogen) atoms. The summed E-state index contributed by atoms with van der Waals surface area (Å²) in [7, 11) is 0. The first-order valence-electron chi connectivity index (χ1n) is 9.84. The van der Waals surface area contributed by atoms with E-state index >= 15 is 0 Å². The SMILES string of the molecule is O=C1N=C(N2CCC3(CC2)OCc2ccccc23)S/C1=C(/CO)c1ccc(Cl)nc1. The number of benzene rings is 1. The Balaban J connectivity index is 1.33. The van der Waals surface area contributed by atoms with Crippen LogP contribution in [0.3, 0.4) is 0 Å². The minimum atomic E-state index is -0.322. The molecule has 0 aliphatic carbocycles. The van der Waals surface area contributed by atoms with Crippen molar-refractivity contribution in [3.05, 3.63) is 69.3 Å². The highest BCUT2D eigenvalue weighted by Gasteiger charge is 2.43. The van der Waals surface area contributed by atoms with Crippen LogP contribution in [-0.2, 0) is 21.7 Å². The average molecular weight is 442 g/mol. The predicted molar refractivity (Wildman–Crippen MR) is 117 cm³/mol. The lowest BCUT2D eigenvalue weighted by molar-refractivity contribution is -0.113. The largest absolute Gasteiger partial charge is 0.392 e. The lowest BCUT2D eigenvalue weighted by Gasteiger charge is -2.39. The van der Waals surface area contributed by atoms with Crippen LogP contribution in [-0.4, -0.2) is 45.8 Å². The number of pyridine rings is 1. The number of thioether (sulfide) groups is 1. The van der Waals surface area contributed by atoms with Crippen LogP contribution >= 0.6 is 23.4 Å².